The van der Waals surface area contributed by atoms with E-state index in [0.29, 0.717) is 11.9 Å². The molecule has 0 aromatic carbocycles. The van der Waals surface area contributed by atoms with Gasteiger partial charge in [0.2, 0.25) is 0 Å². The van der Waals surface area contributed by atoms with Crippen LogP contribution in [0.2, 0.25) is 0 Å². The molecule has 2 N–H and O–H groups in total. The van der Waals surface area contributed by atoms with Crippen LogP contribution >= 0.6 is 15.9 Å². The second-order valence-electron chi connectivity index (χ2n) is 3.52. The van der Waals surface area contributed by atoms with Crippen LogP contribution in [0, 0.1) is 0 Å². The van der Waals surface area contributed by atoms with Gasteiger partial charge in [0.1, 0.15) is 22.4 Å². The second-order valence-corrected chi connectivity index (χ2v) is 4.32. The molecule has 1 saturated heterocycles. The van der Waals surface area contributed by atoms with Crippen LogP contribution in [0.3, 0.4) is 0 Å². The highest BCUT2D eigenvalue weighted by atomic mass is 79.9. The van der Waals surface area contributed by atoms with Gasteiger partial charge in [-0.15, -0.1) is 0 Å². The van der Waals surface area contributed by atoms with Gasteiger partial charge in [0, 0.05) is 13.7 Å². The molecule has 0 radical (unpaired) electrons. The molecule has 1 aromatic heterocycles. The smallest absolute Gasteiger partial charge is 0.148 e. The maximum absolute atomic E-state index is 5.70. The fraction of sp³-hybridized carbons (Fsp3) is 0.556. The summed E-state index contributed by atoms with van der Waals surface area (Å²) in [5, 5.41) is 0. The number of nitrogens with zero attached hydrogens (tertiary/aromatic N) is 3. The number of halogens is 1. The number of anilines is 2. The van der Waals surface area contributed by atoms with Crippen LogP contribution in [0.5, 0.6) is 0 Å². The first-order chi connectivity index (χ1) is 7.20. The summed E-state index contributed by atoms with van der Waals surface area (Å²) in [6.07, 6.45) is 2.49. The highest BCUT2D eigenvalue weighted by Crippen LogP contribution is 2.29. The van der Waals surface area contributed by atoms with Crippen LogP contribution in [0.1, 0.15) is 6.42 Å². The Kier molecular flexibility index (Phi) is 3.06. The van der Waals surface area contributed by atoms with Crippen molar-refractivity contribution in [1.82, 2.24) is 9.97 Å². The molecule has 2 rings (SSSR count). The minimum Gasteiger partial charge on any atom is -0.383 e. The van der Waals surface area contributed by atoms with Gasteiger partial charge in [0.15, 0.2) is 0 Å². The molecule has 1 aliphatic rings. The Morgan fingerprint density at radius 3 is 3.07 bits per heavy atom. The third kappa shape index (κ3) is 2.05. The van der Waals surface area contributed by atoms with Gasteiger partial charge >= 0.3 is 0 Å². The summed E-state index contributed by atoms with van der Waals surface area (Å²) in [5.41, 5.74) is 5.70. The average molecular weight is 273 g/mol. The maximum atomic E-state index is 5.70. The Morgan fingerprint density at radius 2 is 2.40 bits per heavy atom. The van der Waals surface area contributed by atoms with Crippen LogP contribution in [-0.2, 0) is 4.74 Å². The summed E-state index contributed by atoms with van der Waals surface area (Å²) in [6, 6.07) is 0.371. The number of likely N-dealkylation sites (N-methyl/N-ethyl adjacent to an activating group) is 1. The van der Waals surface area contributed by atoms with Gasteiger partial charge in [-0.2, -0.15) is 0 Å². The van der Waals surface area contributed by atoms with Gasteiger partial charge in [-0.05, 0) is 22.4 Å². The molecule has 1 aliphatic heterocycles. The molecule has 1 aromatic rings. The monoisotopic (exact) mass is 272 g/mol. The van der Waals surface area contributed by atoms with Gasteiger partial charge in [0.05, 0.1) is 12.6 Å². The van der Waals surface area contributed by atoms with Crippen molar-refractivity contribution < 1.29 is 4.74 Å². The van der Waals surface area contributed by atoms with E-state index in [4.69, 9.17) is 10.5 Å². The Morgan fingerprint density at radius 1 is 1.60 bits per heavy atom. The number of ether oxygens (including phenoxy) is 1. The van der Waals surface area contributed by atoms with Crippen molar-refractivity contribution in [1.29, 1.82) is 0 Å². The van der Waals surface area contributed by atoms with Crippen LogP contribution in [0.4, 0.5) is 11.6 Å². The second kappa shape index (κ2) is 4.32. The van der Waals surface area contributed by atoms with E-state index < -0.39 is 0 Å². The quantitative estimate of drug-likeness (QED) is 0.872. The number of hydrogen-bond acceptors (Lipinski definition) is 5. The van der Waals surface area contributed by atoms with E-state index in [-0.39, 0.29) is 0 Å². The molecule has 0 spiro atoms. The van der Waals surface area contributed by atoms with E-state index >= 15 is 0 Å². The Bertz CT molecular complexity index is 354. The molecule has 1 unspecified atom stereocenters. The van der Waals surface area contributed by atoms with Crippen molar-refractivity contribution in [2.45, 2.75) is 12.5 Å². The zero-order valence-electron chi connectivity index (χ0n) is 8.48. The van der Waals surface area contributed by atoms with E-state index in [2.05, 4.69) is 30.8 Å². The van der Waals surface area contributed by atoms with E-state index in [9.17, 15) is 0 Å². The minimum atomic E-state index is 0.371. The van der Waals surface area contributed by atoms with Crippen molar-refractivity contribution in [3.63, 3.8) is 0 Å². The molecule has 5 nitrogen and oxygen atoms in total. The zero-order valence-corrected chi connectivity index (χ0v) is 10.1. The predicted octanol–water partition coefficient (Wildman–Crippen LogP) is 1.05. The highest BCUT2D eigenvalue weighted by molar-refractivity contribution is 9.10. The summed E-state index contributed by atoms with van der Waals surface area (Å²) in [7, 11) is 1.99. The summed E-state index contributed by atoms with van der Waals surface area (Å²) >= 11 is 3.40. The Balaban J connectivity index is 2.24. The summed E-state index contributed by atoms with van der Waals surface area (Å²) in [5.74, 6) is 1.28. The van der Waals surface area contributed by atoms with Crippen molar-refractivity contribution >= 4 is 27.6 Å². The molecule has 15 heavy (non-hydrogen) atoms. The normalized spacial score (nSPS) is 20.5. The standard InChI is InChI=1S/C9H13BrN4O/c1-14(6-2-3-15-4-6)9-7(10)8(11)12-5-13-9/h5-6H,2-4H2,1H3,(H2,11,12,13). The SMILES string of the molecule is CN(c1ncnc(N)c1Br)C1CCOC1. The van der Waals surface area contributed by atoms with Crippen molar-refractivity contribution in [2.75, 3.05) is 30.9 Å². The largest absolute Gasteiger partial charge is 0.383 e. The van der Waals surface area contributed by atoms with Gasteiger partial charge in [0.25, 0.3) is 0 Å². The predicted molar refractivity (Wildman–Crippen MR) is 61.8 cm³/mol. The molecule has 6 heteroatoms. The highest BCUT2D eigenvalue weighted by Gasteiger charge is 2.23. The van der Waals surface area contributed by atoms with Crippen molar-refractivity contribution in [3.05, 3.63) is 10.8 Å². The van der Waals surface area contributed by atoms with Gasteiger partial charge in [-0.1, -0.05) is 0 Å². The maximum Gasteiger partial charge on any atom is 0.148 e. The van der Waals surface area contributed by atoms with Crippen molar-refractivity contribution in [2.24, 2.45) is 0 Å². The van der Waals surface area contributed by atoms with Crippen LogP contribution in [0.25, 0.3) is 0 Å². The van der Waals surface area contributed by atoms with E-state index in [1.165, 1.54) is 6.33 Å². The first kappa shape index (κ1) is 10.6. The molecule has 0 aliphatic carbocycles. The lowest BCUT2D eigenvalue weighted by molar-refractivity contribution is 0.193. The number of aromatic nitrogens is 2. The molecule has 0 bridgehead atoms. The molecule has 82 valence electrons. The molecule has 2 heterocycles. The molecule has 1 atom stereocenters. The molecular weight excluding hydrogens is 260 g/mol. The topological polar surface area (TPSA) is 64.3 Å². The minimum absolute atomic E-state index is 0.371. The van der Waals surface area contributed by atoms with E-state index in [1.807, 2.05) is 7.05 Å². The number of nitrogens with two attached hydrogens (primary N) is 1. The molecular formula is C9H13BrN4O. The third-order valence-corrected chi connectivity index (χ3v) is 3.35. The molecule has 0 amide bonds. The fourth-order valence-corrected chi connectivity index (χ4v) is 2.10. The van der Waals surface area contributed by atoms with Crippen LogP contribution < -0.4 is 10.6 Å². The third-order valence-electron chi connectivity index (χ3n) is 2.59. The first-order valence-corrected chi connectivity index (χ1v) is 5.56. The Hall–Kier alpha value is -0.880. The van der Waals surface area contributed by atoms with E-state index in [1.54, 1.807) is 0 Å². The van der Waals surface area contributed by atoms with Crippen molar-refractivity contribution in [3.8, 4) is 0 Å². The fourth-order valence-electron chi connectivity index (χ4n) is 1.62. The number of nitrogen functional groups attached to an aromatic ring is 1. The Labute approximate surface area is 96.8 Å². The van der Waals surface area contributed by atoms with Gasteiger partial charge < -0.3 is 15.4 Å². The lowest BCUT2D eigenvalue weighted by Crippen LogP contribution is -2.32. The summed E-state index contributed by atoms with van der Waals surface area (Å²) in [4.78, 5) is 10.2. The number of hydrogen-bond donors (Lipinski definition) is 1. The molecule has 1 fully saturated rings. The van der Waals surface area contributed by atoms with Gasteiger partial charge in [-0.25, -0.2) is 9.97 Å². The van der Waals surface area contributed by atoms with Crippen LogP contribution in [0.15, 0.2) is 10.8 Å². The molecule has 0 saturated carbocycles. The average Bonchev–Trinajstić information content (AvgIpc) is 2.74. The summed E-state index contributed by atoms with van der Waals surface area (Å²) < 4.78 is 6.09. The number of rotatable bonds is 2. The first-order valence-electron chi connectivity index (χ1n) is 4.76. The van der Waals surface area contributed by atoms with Gasteiger partial charge in [-0.3, -0.25) is 0 Å². The lowest BCUT2D eigenvalue weighted by Gasteiger charge is -2.25. The van der Waals surface area contributed by atoms with E-state index in [0.717, 1.165) is 29.9 Å². The van der Waals surface area contributed by atoms with Crippen LogP contribution in [-0.4, -0.2) is 36.3 Å². The zero-order chi connectivity index (χ0) is 10.8. The lowest BCUT2D eigenvalue weighted by atomic mass is 10.2. The summed E-state index contributed by atoms with van der Waals surface area (Å²) in [6.45, 7) is 1.56.